The number of hydrogen-bond donors (Lipinski definition) is 1. The number of ether oxygens (including phenoxy) is 1. The molecule has 3 aromatic rings. The van der Waals surface area contributed by atoms with E-state index < -0.39 is 0 Å². The van der Waals surface area contributed by atoms with Gasteiger partial charge in [-0.2, -0.15) is 0 Å². The molecule has 3 rings (SSSR count). The van der Waals surface area contributed by atoms with Crippen LogP contribution in [0, 0.1) is 13.8 Å². The molecule has 4 nitrogen and oxygen atoms in total. The van der Waals surface area contributed by atoms with E-state index in [1.54, 1.807) is 7.11 Å². The van der Waals surface area contributed by atoms with Gasteiger partial charge >= 0.3 is 0 Å². The van der Waals surface area contributed by atoms with Crippen LogP contribution in [-0.4, -0.2) is 17.1 Å². The second-order valence-electron chi connectivity index (χ2n) is 5.01. The van der Waals surface area contributed by atoms with E-state index in [0.717, 1.165) is 33.3 Å². The number of anilines is 1. The van der Waals surface area contributed by atoms with Crippen molar-refractivity contribution in [1.29, 1.82) is 0 Å². The van der Waals surface area contributed by atoms with Gasteiger partial charge in [-0.3, -0.25) is 0 Å². The summed E-state index contributed by atoms with van der Waals surface area (Å²) >= 11 is 0. The van der Waals surface area contributed by atoms with Gasteiger partial charge in [-0.15, -0.1) is 0 Å². The van der Waals surface area contributed by atoms with Crippen molar-refractivity contribution < 1.29 is 4.74 Å². The maximum Gasteiger partial charge on any atom is 0.166 e. The molecular weight excluding hydrogens is 262 g/mol. The van der Waals surface area contributed by atoms with E-state index >= 15 is 0 Å². The fourth-order valence-corrected chi connectivity index (χ4v) is 2.42. The van der Waals surface area contributed by atoms with Crippen LogP contribution in [0.4, 0.5) is 5.82 Å². The van der Waals surface area contributed by atoms with Crippen LogP contribution in [0.25, 0.3) is 22.2 Å². The molecule has 106 valence electrons. The monoisotopic (exact) mass is 279 g/mol. The van der Waals surface area contributed by atoms with Crippen LogP contribution in [0.2, 0.25) is 0 Å². The minimum absolute atomic E-state index is 0.507. The van der Waals surface area contributed by atoms with Gasteiger partial charge in [-0.05, 0) is 30.7 Å². The van der Waals surface area contributed by atoms with Crippen molar-refractivity contribution in [3.05, 3.63) is 47.7 Å². The maximum absolute atomic E-state index is 6.00. The van der Waals surface area contributed by atoms with E-state index in [9.17, 15) is 0 Å². The molecule has 0 aliphatic heterocycles. The van der Waals surface area contributed by atoms with Crippen molar-refractivity contribution in [3.8, 4) is 17.1 Å². The Kier molecular flexibility index (Phi) is 3.22. The third kappa shape index (κ3) is 2.18. The molecule has 1 heterocycles. The molecule has 0 fully saturated rings. The molecule has 0 saturated heterocycles. The topological polar surface area (TPSA) is 61.0 Å². The number of fused-ring (bicyclic) bond motifs is 1. The molecule has 0 aliphatic rings. The number of hydrogen-bond acceptors (Lipinski definition) is 4. The van der Waals surface area contributed by atoms with Crippen LogP contribution in [0.5, 0.6) is 5.75 Å². The minimum atomic E-state index is 0.507. The molecule has 1 aromatic heterocycles. The van der Waals surface area contributed by atoms with Gasteiger partial charge in [0.1, 0.15) is 11.6 Å². The second-order valence-corrected chi connectivity index (χ2v) is 5.01. The number of nitrogens with two attached hydrogens (primary N) is 1. The number of benzene rings is 2. The SMILES string of the molecule is COc1ccc2ccccc2c1-c1nc(C)c(C)c(N)n1. The Bertz CT molecular complexity index is 804. The van der Waals surface area contributed by atoms with E-state index in [1.807, 2.05) is 44.2 Å². The number of aromatic nitrogens is 2. The molecule has 0 radical (unpaired) electrons. The highest BCUT2D eigenvalue weighted by Gasteiger charge is 2.15. The fraction of sp³-hybridized carbons (Fsp3) is 0.176. The molecule has 0 bridgehead atoms. The van der Waals surface area contributed by atoms with Crippen molar-refractivity contribution in [3.63, 3.8) is 0 Å². The molecule has 0 atom stereocenters. The molecule has 2 aromatic carbocycles. The summed E-state index contributed by atoms with van der Waals surface area (Å²) in [4.78, 5) is 9.04. The zero-order valence-corrected chi connectivity index (χ0v) is 12.3. The van der Waals surface area contributed by atoms with E-state index in [1.165, 1.54) is 0 Å². The molecule has 0 aliphatic carbocycles. The smallest absolute Gasteiger partial charge is 0.166 e. The molecule has 0 unspecified atom stereocenters. The first-order chi connectivity index (χ1) is 10.1. The van der Waals surface area contributed by atoms with Gasteiger partial charge < -0.3 is 10.5 Å². The van der Waals surface area contributed by atoms with Gasteiger partial charge in [-0.1, -0.05) is 30.3 Å². The summed E-state index contributed by atoms with van der Waals surface area (Å²) < 4.78 is 5.50. The molecule has 0 amide bonds. The summed E-state index contributed by atoms with van der Waals surface area (Å²) in [7, 11) is 1.65. The average Bonchev–Trinajstić information content (AvgIpc) is 2.51. The summed E-state index contributed by atoms with van der Waals surface area (Å²) in [5.74, 6) is 1.85. The highest BCUT2D eigenvalue weighted by molar-refractivity contribution is 5.98. The summed E-state index contributed by atoms with van der Waals surface area (Å²) in [5, 5.41) is 2.17. The van der Waals surface area contributed by atoms with Crippen LogP contribution in [0.3, 0.4) is 0 Å². The van der Waals surface area contributed by atoms with Crippen LogP contribution in [0.1, 0.15) is 11.3 Å². The first-order valence-electron chi connectivity index (χ1n) is 6.78. The van der Waals surface area contributed by atoms with Crippen molar-refractivity contribution in [2.45, 2.75) is 13.8 Å². The normalized spacial score (nSPS) is 10.8. The zero-order valence-electron chi connectivity index (χ0n) is 12.3. The summed E-state index contributed by atoms with van der Waals surface area (Å²) in [6.45, 7) is 3.86. The van der Waals surface area contributed by atoms with Crippen molar-refractivity contribution in [2.24, 2.45) is 0 Å². The summed E-state index contributed by atoms with van der Waals surface area (Å²) in [6, 6.07) is 12.1. The van der Waals surface area contributed by atoms with Crippen molar-refractivity contribution >= 4 is 16.6 Å². The number of nitrogens with zero attached hydrogens (tertiary/aromatic N) is 2. The van der Waals surface area contributed by atoms with Crippen LogP contribution in [0.15, 0.2) is 36.4 Å². The van der Waals surface area contributed by atoms with E-state index in [-0.39, 0.29) is 0 Å². The Morgan fingerprint density at radius 3 is 2.48 bits per heavy atom. The van der Waals surface area contributed by atoms with E-state index in [4.69, 9.17) is 10.5 Å². The lowest BCUT2D eigenvalue weighted by Gasteiger charge is -2.13. The lowest BCUT2D eigenvalue weighted by Crippen LogP contribution is -2.03. The van der Waals surface area contributed by atoms with Gasteiger partial charge in [0.2, 0.25) is 0 Å². The quantitative estimate of drug-likeness (QED) is 0.780. The zero-order chi connectivity index (χ0) is 15.0. The van der Waals surface area contributed by atoms with Crippen LogP contribution in [-0.2, 0) is 0 Å². The number of rotatable bonds is 2. The van der Waals surface area contributed by atoms with Gasteiger partial charge in [0, 0.05) is 11.3 Å². The highest BCUT2D eigenvalue weighted by Crippen LogP contribution is 2.35. The molecule has 21 heavy (non-hydrogen) atoms. The molecular formula is C17H17N3O. The lowest BCUT2D eigenvalue weighted by atomic mass is 10.0. The predicted molar refractivity (Wildman–Crippen MR) is 85.4 cm³/mol. The Morgan fingerprint density at radius 2 is 1.76 bits per heavy atom. The molecule has 0 spiro atoms. The van der Waals surface area contributed by atoms with E-state index in [0.29, 0.717) is 11.6 Å². The van der Waals surface area contributed by atoms with Gasteiger partial charge in [-0.25, -0.2) is 9.97 Å². The number of methoxy groups -OCH3 is 1. The Hall–Kier alpha value is -2.62. The van der Waals surface area contributed by atoms with Crippen LogP contribution >= 0.6 is 0 Å². The van der Waals surface area contributed by atoms with Crippen molar-refractivity contribution in [1.82, 2.24) is 9.97 Å². The second kappa shape index (κ2) is 5.05. The number of nitrogen functional groups attached to an aromatic ring is 1. The predicted octanol–water partition coefficient (Wildman–Crippen LogP) is 3.50. The lowest BCUT2D eigenvalue weighted by molar-refractivity contribution is 0.416. The minimum Gasteiger partial charge on any atom is -0.496 e. The summed E-state index contributed by atoms with van der Waals surface area (Å²) in [6.07, 6.45) is 0. The average molecular weight is 279 g/mol. The third-order valence-corrected chi connectivity index (χ3v) is 3.76. The Balaban J connectivity index is 2.38. The molecule has 2 N–H and O–H groups in total. The first-order valence-corrected chi connectivity index (χ1v) is 6.78. The molecule has 0 saturated carbocycles. The number of aryl methyl sites for hydroxylation is 1. The van der Waals surface area contributed by atoms with Gasteiger partial charge in [0.25, 0.3) is 0 Å². The molecule has 4 heteroatoms. The van der Waals surface area contributed by atoms with Crippen LogP contribution < -0.4 is 10.5 Å². The van der Waals surface area contributed by atoms with E-state index in [2.05, 4.69) is 16.0 Å². The highest BCUT2D eigenvalue weighted by atomic mass is 16.5. The summed E-state index contributed by atoms with van der Waals surface area (Å²) in [5.41, 5.74) is 8.68. The largest absolute Gasteiger partial charge is 0.496 e. The standard InChI is InChI=1S/C17H17N3O/c1-10-11(2)19-17(20-16(10)18)15-13-7-5-4-6-12(13)8-9-14(15)21-3/h4-9H,1-3H3,(H2,18,19,20). The Morgan fingerprint density at radius 1 is 1.00 bits per heavy atom. The maximum atomic E-state index is 6.00. The Labute approximate surface area is 123 Å². The van der Waals surface area contributed by atoms with Crippen molar-refractivity contribution in [2.75, 3.05) is 12.8 Å². The third-order valence-electron chi connectivity index (χ3n) is 3.76. The fourth-order valence-electron chi connectivity index (χ4n) is 2.42. The first kappa shape index (κ1) is 13.4. The van der Waals surface area contributed by atoms with Gasteiger partial charge in [0.15, 0.2) is 5.82 Å². The van der Waals surface area contributed by atoms with Gasteiger partial charge in [0.05, 0.1) is 12.7 Å².